The molecule has 2 heterocycles. The number of nitrogens with two attached hydrogens (primary N) is 1. The highest BCUT2D eigenvalue weighted by Crippen LogP contribution is 2.15. The third-order valence-corrected chi connectivity index (χ3v) is 2.77. The fourth-order valence-corrected chi connectivity index (χ4v) is 1.90. The van der Waals surface area contributed by atoms with E-state index in [9.17, 15) is 0 Å². The quantitative estimate of drug-likeness (QED) is 0.690. The minimum Gasteiger partial charge on any atom is -0.399 e. The fraction of sp³-hybridized carbons (Fsp3) is 0.167. The van der Waals surface area contributed by atoms with Crippen LogP contribution in [0.1, 0.15) is 0 Å². The van der Waals surface area contributed by atoms with E-state index in [1.807, 2.05) is 41.5 Å². The van der Waals surface area contributed by atoms with Crippen LogP contribution in [0.2, 0.25) is 0 Å². The van der Waals surface area contributed by atoms with Gasteiger partial charge >= 0.3 is 0 Å². The molecule has 1 aromatic carbocycles. The van der Waals surface area contributed by atoms with Crippen molar-refractivity contribution in [3.8, 4) is 0 Å². The molecule has 0 saturated carbocycles. The van der Waals surface area contributed by atoms with E-state index in [0.717, 1.165) is 29.8 Å². The molecule has 0 amide bonds. The maximum Gasteiger partial charge on any atom is 0.0958 e. The van der Waals surface area contributed by atoms with Crippen molar-refractivity contribution in [2.75, 3.05) is 5.73 Å². The molecule has 0 radical (unpaired) electrons. The Labute approximate surface area is 98.5 Å². The number of aryl methyl sites for hydroxylation is 2. The Balaban J connectivity index is 1.86. The molecule has 2 N–H and O–H groups in total. The van der Waals surface area contributed by atoms with Crippen LogP contribution in [0.15, 0.2) is 43.0 Å². The number of rotatable bonds is 3. The van der Waals surface area contributed by atoms with Crippen LogP contribution in [0.4, 0.5) is 5.69 Å². The minimum absolute atomic E-state index is 0.745. The number of benzene rings is 1. The average Bonchev–Trinajstić information content (AvgIpc) is 2.94. The lowest BCUT2D eigenvalue weighted by Crippen LogP contribution is -2.06. The lowest BCUT2D eigenvalue weighted by atomic mass is 10.3. The Hall–Kier alpha value is -2.30. The normalized spacial score (nSPS) is 11.1. The number of hydrogen-bond acceptors (Lipinski definition) is 3. The van der Waals surface area contributed by atoms with Gasteiger partial charge in [-0.2, -0.15) is 5.10 Å². The fourth-order valence-electron chi connectivity index (χ4n) is 1.90. The summed E-state index contributed by atoms with van der Waals surface area (Å²) < 4.78 is 4.01. The van der Waals surface area contributed by atoms with E-state index < -0.39 is 0 Å². The minimum atomic E-state index is 0.745. The molecule has 0 saturated heterocycles. The molecule has 0 aliphatic carbocycles. The van der Waals surface area contributed by atoms with Crippen LogP contribution < -0.4 is 5.73 Å². The first-order valence-corrected chi connectivity index (χ1v) is 5.51. The molecule has 0 spiro atoms. The number of nitrogen functional groups attached to an aromatic ring is 1. The van der Waals surface area contributed by atoms with Gasteiger partial charge in [0.15, 0.2) is 0 Å². The lowest BCUT2D eigenvalue weighted by molar-refractivity contribution is 0.541. The molecule has 0 fully saturated rings. The van der Waals surface area contributed by atoms with Crippen molar-refractivity contribution in [3.05, 3.63) is 43.0 Å². The monoisotopic (exact) mass is 227 g/mol. The SMILES string of the molecule is Nc1ccc2c(c1)ncn2CCn1cccn1. The van der Waals surface area contributed by atoms with Gasteiger partial charge in [0.05, 0.1) is 23.9 Å². The van der Waals surface area contributed by atoms with E-state index in [4.69, 9.17) is 5.73 Å². The second-order valence-corrected chi connectivity index (χ2v) is 3.96. The highest BCUT2D eigenvalue weighted by molar-refractivity contribution is 5.78. The standard InChI is InChI=1S/C12H13N5/c13-10-2-3-12-11(8-10)14-9-16(12)6-7-17-5-1-4-15-17/h1-5,8-9H,6-7,13H2. The van der Waals surface area contributed by atoms with Crippen molar-refractivity contribution < 1.29 is 0 Å². The molecule has 0 aliphatic heterocycles. The number of fused-ring (bicyclic) bond motifs is 1. The van der Waals surface area contributed by atoms with Gasteiger partial charge in [0.1, 0.15) is 0 Å². The highest BCUT2D eigenvalue weighted by Gasteiger charge is 2.02. The van der Waals surface area contributed by atoms with Gasteiger partial charge in [0, 0.05) is 24.6 Å². The summed E-state index contributed by atoms with van der Waals surface area (Å²) in [5.41, 5.74) is 8.50. The molecule has 3 rings (SSSR count). The van der Waals surface area contributed by atoms with Crippen molar-refractivity contribution in [1.82, 2.24) is 19.3 Å². The van der Waals surface area contributed by atoms with Gasteiger partial charge in [-0.3, -0.25) is 4.68 Å². The molecule has 86 valence electrons. The summed E-state index contributed by atoms with van der Waals surface area (Å²) >= 11 is 0. The zero-order chi connectivity index (χ0) is 11.7. The maximum atomic E-state index is 5.72. The predicted octanol–water partition coefficient (Wildman–Crippen LogP) is 1.52. The van der Waals surface area contributed by atoms with Crippen LogP contribution in [0, 0.1) is 0 Å². The Kier molecular flexibility index (Phi) is 2.29. The summed E-state index contributed by atoms with van der Waals surface area (Å²) in [6, 6.07) is 7.71. The highest BCUT2D eigenvalue weighted by atomic mass is 15.3. The van der Waals surface area contributed by atoms with E-state index in [1.165, 1.54) is 0 Å². The number of hydrogen-bond donors (Lipinski definition) is 1. The third-order valence-electron chi connectivity index (χ3n) is 2.77. The van der Waals surface area contributed by atoms with Crippen LogP contribution in [0.5, 0.6) is 0 Å². The first-order valence-electron chi connectivity index (χ1n) is 5.51. The average molecular weight is 227 g/mol. The number of aromatic nitrogens is 4. The lowest BCUT2D eigenvalue weighted by Gasteiger charge is -2.04. The van der Waals surface area contributed by atoms with Crippen molar-refractivity contribution in [2.24, 2.45) is 0 Å². The van der Waals surface area contributed by atoms with Gasteiger partial charge < -0.3 is 10.3 Å². The van der Waals surface area contributed by atoms with Gasteiger partial charge in [0.2, 0.25) is 0 Å². The van der Waals surface area contributed by atoms with Gasteiger partial charge in [-0.25, -0.2) is 4.98 Å². The summed E-state index contributed by atoms with van der Waals surface area (Å²) in [6.07, 6.45) is 5.58. The van der Waals surface area contributed by atoms with Gasteiger partial charge in [-0.05, 0) is 24.3 Å². The number of imidazole rings is 1. The van der Waals surface area contributed by atoms with Crippen LogP contribution in [0.3, 0.4) is 0 Å². The van der Waals surface area contributed by atoms with Gasteiger partial charge in [-0.15, -0.1) is 0 Å². The van der Waals surface area contributed by atoms with Crippen LogP contribution in [-0.4, -0.2) is 19.3 Å². The second kappa shape index (κ2) is 3.93. The molecule has 0 bridgehead atoms. The van der Waals surface area contributed by atoms with Crippen LogP contribution in [-0.2, 0) is 13.1 Å². The topological polar surface area (TPSA) is 61.7 Å². The van der Waals surface area contributed by atoms with Gasteiger partial charge in [0.25, 0.3) is 0 Å². The summed E-state index contributed by atoms with van der Waals surface area (Å²) in [7, 11) is 0. The molecule has 0 aliphatic rings. The van der Waals surface area contributed by atoms with Crippen LogP contribution >= 0.6 is 0 Å². The van der Waals surface area contributed by atoms with E-state index in [2.05, 4.69) is 14.6 Å². The zero-order valence-corrected chi connectivity index (χ0v) is 9.32. The van der Waals surface area contributed by atoms with E-state index in [0.29, 0.717) is 0 Å². The van der Waals surface area contributed by atoms with Crippen molar-refractivity contribution in [2.45, 2.75) is 13.1 Å². The Morgan fingerprint density at radius 2 is 2.18 bits per heavy atom. The molecule has 5 heteroatoms. The molecule has 0 atom stereocenters. The van der Waals surface area contributed by atoms with E-state index >= 15 is 0 Å². The summed E-state index contributed by atoms with van der Waals surface area (Å²) in [5.74, 6) is 0. The maximum absolute atomic E-state index is 5.72. The summed E-state index contributed by atoms with van der Waals surface area (Å²) in [5, 5.41) is 4.17. The van der Waals surface area contributed by atoms with Crippen molar-refractivity contribution in [1.29, 1.82) is 0 Å². The smallest absolute Gasteiger partial charge is 0.0958 e. The van der Waals surface area contributed by atoms with Crippen molar-refractivity contribution in [3.63, 3.8) is 0 Å². The number of nitrogens with zero attached hydrogens (tertiary/aromatic N) is 4. The van der Waals surface area contributed by atoms with Crippen molar-refractivity contribution >= 4 is 16.7 Å². The first-order chi connectivity index (χ1) is 8.33. The molecule has 0 unspecified atom stereocenters. The third kappa shape index (κ3) is 1.87. The summed E-state index contributed by atoms with van der Waals surface area (Å²) in [6.45, 7) is 1.69. The van der Waals surface area contributed by atoms with Gasteiger partial charge in [-0.1, -0.05) is 0 Å². The Bertz CT molecular complexity index is 623. The molecule has 3 aromatic rings. The number of anilines is 1. The van der Waals surface area contributed by atoms with Crippen LogP contribution in [0.25, 0.3) is 11.0 Å². The molecular formula is C12H13N5. The Morgan fingerprint density at radius 3 is 3.00 bits per heavy atom. The Morgan fingerprint density at radius 1 is 1.24 bits per heavy atom. The zero-order valence-electron chi connectivity index (χ0n) is 9.32. The largest absolute Gasteiger partial charge is 0.399 e. The first kappa shape index (κ1) is 9.89. The van der Waals surface area contributed by atoms with E-state index in [1.54, 1.807) is 6.20 Å². The second-order valence-electron chi connectivity index (χ2n) is 3.96. The summed E-state index contributed by atoms with van der Waals surface area (Å²) in [4.78, 5) is 4.33. The molecule has 5 nitrogen and oxygen atoms in total. The van der Waals surface area contributed by atoms with E-state index in [-0.39, 0.29) is 0 Å². The molecule has 17 heavy (non-hydrogen) atoms. The predicted molar refractivity (Wildman–Crippen MR) is 66.4 cm³/mol. The molecule has 2 aromatic heterocycles. The molecular weight excluding hydrogens is 214 g/mol.